The molecule has 4 aliphatic carbocycles. The van der Waals surface area contributed by atoms with Crippen LogP contribution in [0.3, 0.4) is 0 Å². The molecule has 0 bridgehead atoms. The summed E-state index contributed by atoms with van der Waals surface area (Å²) in [6.07, 6.45) is 24.1. The van der Waals surface area contributed by atoms with Crippen molar-refractivity contribution in [2.45, 2.75) is 46.5 Å². The van der Waals surface area contributed by atoms with Gasteiger partial charge >= 0.3 is 0 Å². The van der Waals surface area contributed by atoms with Crippen molar-refractivity contribution in [3.8, 4) is 0 Å². The van der Waals surface area contributed by atoms with Crippen molar-refractivity contribution in [2.24, 2.45) is 29.1 Å². The number of fused-ring (bicyclic) bond motifs is 1. The number of halogens is 1. The molecule has 0 N–H and O–H groups in total. The van der Waals surface area contributed by atoms with Gasteiger partial charge in [0.05, 0.1) is 0 Å². The second-order valence-electron chi connectivity index (χ2n) is 9.12. The molecule has 0 saturated heterocycles. The quantitative estimate of drug-likeness (QED) is 0.285. The van der Waals surface area contributed by atoms with E-state index in [1.54, 1.807) is 5.57 Å². The molecular weight excluding hydrogens is 439 g/mol. The Morgan fingerprint density at radius 3 is 2.78 bits per heavy atom. The summed E-state index contributed by atoms with van der Waals surface area (Å²) in [4.78, 5) is 0. The molecule has 0 aromatic heterocycles. The Balaban J connectivity index is 1.57. The van der Waals surface area contributed by atoms with Crippen LogP contribution in [0, 0.1) is 29.1 Å². The highest BCUT2D eigenvalue weighted by Gasteiger charge is 2.49. The molecule has 0 heterocycles. The van der Waals surface area contributed by atoms with E-state index in [1.165, 1.54) is 46.0 Å². The molecule has 142 valence electrons. The number of rotatable bonds is 2. The zero-order chi connectivity index (χ0) is 19.2. The molecule has 0 nitrogen and oxygen atoms in total. The molecule has 1 fully saturated rings. The molecule has 27 heavy (non-hydrogen) atoms. The van der Waals surface area contributed by atoms with E-state index >= 15 is 0 Å². The molecule has 0 radical (unpaired) electrons. The van der Waals surface area contributed by atoms with E-state index in [-0.39, 0.29) is 5.41 Å². The van der Waals surface area contributed by atoms with Crippen LogP contribution in [0.5, 0.6) is 0 Å². The smallest absolute Gasteiger partial charge is 0.00902 e. The van der Waals surface area contributed by atoms with Crippen LogP contribution in [0.25, 0.3) is 0 Å². The van der Waals surface area contributed by atoms with Gasteiger partial charge in [-0.25, -0.2) is 0 Å². The van der Waals surface area contributed by atoms with E-state index in [4.69, 9.17) is 0 Å². The molecule has 4 aliphatic rings. The fraction of sp³-hybridized carbons (Fsp3) is 0.462. The highest BCUT2D eigenvalue weighted by molar-refractivity contribution is 14.1. The van der Waals surface area contributed by atoms with Gasteiger partial charge in [0.2, 0.25) is 0 Å². The van der Waals surface area contributed by atoms with E-state index in [2.05, 4.69) is 98.5 Å². The van der Waals surface area contributed by atoms with Gasteiger partial charge < -0.3 is 0 Å². The summed E-state index contributed by atoms with van der Waals surface area (Å²) >= 11 is 2.44. The molecule has 0 aromatic rings. The maximum absolute atomic E-state index is 4.52. The second kappa shape index (κ2) is 7.39. The Morgan fingerprint density at radius 2 is 2.00 bits per heavy atom. The summed E-state index contributed by atoms with van der Waals surface area (Å²) in [6.45, 7) is 11.5. The van der Waals surface area contributed by atoms with Crippen molar-refractivity contribution in [2.75, 3.05) is 0 Å². The fourth-order valence-corrected chi connectivity index (χ4v) is 5.94. The van der Waals surface area contributed by atoms with Crippen LogP contribution in [-0.4, -0.2) is 0 Å². The fourth-order valence-electron chi connectivity index (χ4n) is 5.63. The molecule has 1 saturated carbocycles. The first-order chi connectivity index (χ1) is 12.9. The minimum atomic E-state index is 0.195. The van der Waals surface area contributed by atoms with Crippen molar-refractivity contribution in [3.05, 3.63) is 81.1 Å². The van der Waals surface area contributed by atoms with Crippen molar-refractivity contribution in [1.82, 2.24) is 0 Å². The SMILES string of the molecule is C=C1/C(=C\C(I)=C/C)C(C)(C)[C@H]2C[C@@H](C3C=CC4=C(CCC=C4)C3)C=CC12. The van der Waals surface area contributed by atoms with Gasteiger partial charge in [0, 0.05) is 9.50 Å². The lowest BCUT2D eigenvalue weighted by molar-refractivity contribution is 0.203. The summed E-state index contributed by atoms with van der Waals surface area (Å²) in [5.41, 5.74) is 6.17. The first-order valence-electron chi connectivity index (χ1n) is 10.4. The topological polar surface area (TPSA) is 0 Å². The molecule has 0 amide bonds. The van der Waals surface area contributed by atoms with Crippen LogP contribution >= 0.6 is 22.6 Å². The van der Waals surface area contributed by atoms with Gasteiger partial charge in [-0.05, 0) is 101 Å². The molecule has 4 atom stereocenters. The molecule has 2 unspecified atom stereocenters. The van der Waals surface area contributed by atoms with Crippen molar-refractivity contribution in [1.29, 1.82) is 0 Å². The van der Waals surface area contributed by atoms with Gasteiger partial charge in [0.1, 0.15) is 0 Å². The summed E-state index contributed by atoms with van der Waals surface area (Å²) in [5, 5.41) is 0. The van der Waals surface area contributed by atoms with E-state index in [0.29, 0.717) is 23.7 Å². The Hall–Kier alpha value is -1.09. The van der Waals surface area contributed by atoms with Gasteiger partial charge in [-0.3, -0.25) is 0 Å². The van der Waals surface area contributed by atoms with Gasteiger partial charge in [-0.2, -0.15) is 0 Å². The zero-order valence-electron chi connectivity index (χ0n) is 16.8. The number of hydrogen-bond acceptors (Lipinski definition) is 0. The largest absolute Gasteiger partial charge is 0.0949 e. The Bertz CT molecular complexity index is 824. The van der Waals surface area contributed by atoms with E-state index < -0.39 is 0 Å². The third kappa shape index (κ3) is 3.41. The van der Waals surface area contributed by atoms with Gasteiger partial charge in [-0.1, -0.05) is 68.5 Å². The Morgan fingerprint density at radius 1 is 1.19 bits per heavy atom. The van der Waals surface area contributed by atoms with E-state index in [0.717, 1.165) is 0 Å². The molecule has 0 spiro atoms. The summed E-state index contributed by atoms with van der Waals surface area (Å²) in [7, 11) is 0. The van der Waals surface area contributed by atoms with Crippen LogP contribution in [0.2, 0.25) is 0 Å². The number of hydrogen-bond donors (Lipinski definition) is 0. The minimum absolute atomic E-state index is 0.195. The second-order valence-corrected chi connectivity index (χ2v) is 10.4. The standard InChI is InChI=1S/C26H31I/c1-5-22(27)16-24-17(2)23-13-12-21(15-25(23)26(24,3)4)20-11-10-18-8-6-7-9-19(18)14-20/h5-6,8,10-13,16,20-21,23,25H,2,7,9,14-15H2,1,3-4H3/b22-5+,24-16+/t20?,21-,23?,25-/m0/s1. The zero-order valence-corrected chi connectivity index (χ0v) is 19.0. The lowest BCUT2D eigenvalue weighted by Crippen LogP contribution is -2.30. The Kier molecular flexibility index (Phi) is 5.26. The maximum atomic E-state index is 4.52. The predicted octanol–water partition coefficient (Wildman–Crippen LogP) is 7.88. The minimum Gasteiger partial charge on any atom is -0.0949 e. The van der Waals surface area contributed by atoms with Gasteiger partial charge in [0.25, 0.3) is 0 Å². The highest BCUT2D eigenvalue weighted by atomic mass is 127. The monoisotopic (exact) mass is 470 g/mol. The van der Waals surface area contributed by atoms with Gasteiger partial charge in [0.15, 0.2) is 0 Å². The number of allylic oxidation sites excluding steroid dienone is 13. The van der Waals surface area contributed by atoms with Crippen LogP contribution in [0.1, 0.15) is 46.5 Å². The molecule has 0 aromatic carbocycles. The van der Waals surface area contributed by atoms with Crippen LogP contribution in [0.15, 0.2) is 81.1 Å². The van der Waals surface area contributed by atoms with Crippen LogP contribution in [-0.2, 0) is 0 Å². The molecule has 1 heteroatoms. The average molecular weight is 470 g/mol. The normalized spacial score (nSPS) is 36.4. The van der Waals surface area contributed by atoms with Gasteiger partial charge in [-0.15, -0.1) is 0 Å². The first kappa shape index (κ1) is 19.2. The third-order valence-electron chi connectivity index (χ3n) is 7.33. The Labute approximate surface area is 178 Å². The van der Waals surface area contributed by atoms with Crippen LogP contribution < -0.4 is 0 Å². The lowest BCUT2D eigenvalue weighted by atomic mass is 9.66. The summed E-state index contributed by atoms with van der Waals surface area (Å²) in [6, 6.07) is 0. The maximum Gasteiger partial charge on any atom is 0.00902 e. The predicted molar refractivity (Wildman–Crippen MR) is 126 cm³/mol. The molecule has 0 aliphatic heterocycles. The van der Waals surface area contributed by atoms with E-state index in [1.807, 2.05) is 0 Å². The first-order valence-corrected chi connectivity index (χ1v) is 11.5. The highest BCUT2D eigenvalue weighted by Crippen LogP contribution is 2.58. The summed E-state index contributed by atoms with van der Waals surface area (Å²) in [5.74, 6) is 2.51. The van der Waals surface area contributed by atoms with Crippen molar-refractivity contribution in [3.63, 3.8) is 0 Å². The van der Waals surface area contributed by atoms with E-state index in [9.17, 15) is 0 Å². The molecule has 4 rings (SSSR count). The third-order valence-corrected chi connectivity index (χ3v) is 8.26. The average Bonchev–Trinajstić information content (AvgIpc) is 2.87. The van der Waals surface area contributed by atoms with Crippen molar-refractivity contribution >= 4 is 22.6 Å². The molecular formula is C26H31I. The van der Waals surface area contributed by atoms with Crippen molar-refractivity contribution < 1.29 is 0 Å². The lowest BCUT2D eigenvalue weighted by Gasteiger charge is -2.38. The summed E-state index contributed by atoms with van der Waals surface area (Å²) < 4.78 is 1.32. The van der Waals surface area contributed by atoms with Crippen LogP contribution in [0.4, 0.5) is 0 Å².